The van der Waals surface area contributed by atoms with Gasteiger partial charge in [-0.05, 0) is 54.1 Å². The zero-order valence-electron chi connectivity index (χ0n) is 16.6. The molecule has 156 valence electrons. The summed E-state index contributed by atoms with van der Waals surface area (Å²) in [5.41, 5.74) is 4.16. The fourth-order valence-electron chi connectivity index (χ4n) is 2.55. The van der Waals surface area contributed by atoms with Crippen molar-refractivity contribution in [2.45, 2.75) is 0 Å². The van der Waals surface area contributed by atoms with Gasteiger partial charge in [0.15, 0.2) is 0 Å². The number of methoxy groups -OCH3 is 1. The van der Waals surface area contributed by atoms with E-state index in [1.165, 1.54) is 12.3 Å². The molecule has 3 aromatic carbocycles. The molecule has 0 saturated carbocycles. The Morgan fingerprint density at radius 1 is 1.00 bits per heavy atom. The number of halogens is 1. The predicted molar refractivity (Wildman–Crippen MR) is 121 cm³/mol. The molecule has 0 aromatic heterocycles. The lowest BCUT2D eigenvalue weighted by Gasteiger charge is -2.06. The molecule has 6 nitrogen and oxygen atoms in total. The second kappa shape index (κ2) is 10.8. The van der Waals surface area contributed by atoms with Gasteiger partial charge in [0.25, 0.3) is 5.91 Å². The van der Waals surface area contributed by atoms with Gasteiger partial charge in [0, 0.05) is 22.2 Å². The van der Waals surface area contributed by atoms with Gasteiger partial charge in [-0.3, -0.25) is 4.79 Å². The molecule has 0 heterocycles. The van der Waals surface area contributed by atoms with Crippen LogP contribution in [0.3, 0.4) is 0 Å². The first-order valence-corrected chi connectivity index (χ1v) is 9.65. The first kappa shape index (κ1) is 21.8. The van der Waals surface area contributed by atoms with Gasteiger partial charge < -0.3 is 9.47 Å². The lowest BCUT2D eigenvalue weighted by Crippen LogP contribution is -2.17. The number of nitrogens with one attached hydrogen (secondary N) is 1. The molecule has 3 aromatic rings. The molecule has 0 radical (unpaired) electrons. The molecule has 31 heavy (non-hydrogen) atoms. The van der Waals surface area contributed by atoms with Crippen LogP contribution in [0.25, 0.3) is 6.08 Å². The number of hydrazone groups is 1. The minimum Gasteiger partial charge on any atom is -0.497 e. The maximum atomic E-state index is 12.2. The van der Waals surface area contributed by atoms with E-state index in [0.29, 0.717) is 16.1 Å². The lowest BCUT2D eigenvalue weighted by atomic mass is 10.2. The molecule has 0 fully saturated rings. The summed E-state index contributed by atoms with van der Waals surface area (Å²) < 4.78 is 10.5. The summed E-state index contributed by atoms with van der Waals surface area (Å²) in [6.45, 7) is 0. The number of amides is 1. The number of hydrogen-bond donors (Lipinski definition) is 1. The molecule has 3 rings (SSSR count). The number of nitrogens with zero attached hydrogens (tertiary/aromatic N) is 1. The Balaban J connectivity index is 1.66. The van der Waals surface area contributed by atoms with Crippen LogP contribution in [0.4, 0.5) is 0 Å². The fourth-order valence-corrected chi connectivity index (χ4v) is 2.73. The highest BCUT2D eigenvalue weighted by molar-refractivity contribution is 6.31. The standard InChI is InChI=1S/C24H19ClN2O4/c1-30-21-11-7-17(8-12-21)9-14-23(28)31-22-13-10-20(25)15-19(22)16-26-27-24(29)18-5-3-2-4-6-18/h2-16H,1H3,(H,27,29)/b14-9+,26-16+. The van der Waals surface area contributed by atoms with Crippen LogP contribution < -0.4 is 14.9 Å². The summed E-state index contributed by atoms with van der Waals surface area (Å²) in [7, 11) is 1.59. The minimum absolute atomic E-state index is 0.256. The third-order valence-corrected chi connectivity index (χ3v) is 4.35. The van der Waals surface area contributed by atoms with E-state index in [1.54, 1.807) is 67.8 Å². The number of esters is 1. The second-order valence-corrected chi connectivity index (χ2v) is 6.71. The number of hydrogen-bond acceptors (Lipinski definition) is 5. The van der Waals surface area contributed by atoms with Gasteiger partial charge in [0.1, 0.15) is 11.5 Å². The largest absolute Gasteiger partial charge is 0.497 e. The van der Waals surface area contributed by atoms with Crippen molar-refractivity contribution in [2.24, 2.45) is 5.10 Å². The zero-order chi connectivity index (χ0) is 22.1. The Bertz CT molecular complexity index is 1110. The molecule has 0 spiro atoms. The molecule has 0 unspecified atom stereocenters. The molecular formula is C24H19ClN2O4. The molecule has 1 N–H and O–H groups in total. The summed E-state index contributed by atoms with van der Waals surface area (Å²) >= 11 is 6.04. The van der Waals surface area contributed by atoms with Crippen LogP contribution in [0, 0.1) is 0 Å². The monoisotopic (exact) mass is 434 g/mol. The predicted octanol–water partition coefficient (Wildman–Crippen LogP) is 4.73. The van der Waals surface area contributed by atoms with E-state index in [4.69, 9.17) is 21.1 Å². The van der Waals surface area contributed by atoms with Crippen LogP contribution in [0.2, 0.25) is 5.02 Å². The first-order valence-electron chi connectivity index (χ1n) is 9.27. The average molecular weight is 435 g/mol. The van der Waals surface area contributed by atoms with Gasteiger partial charge in [-0.2, -0.15) is 5.10 Å². The van der Waals surface area contributed by atoms with E-state index in [9.17, 15) is 9.59 Å². The van der Waals surface area contributed by atoms with Crippen molar-refractivity contribution in [1.82, 2.24) is 5.43 Å². The lowest BCUT2D eigenvalue weighted by molar-refractivity contribution is -0.128. The third-order valence-electron chi connectivity index (χ3n) is 4.12. The van der Waals surface area contributed by atoms with Crippen molar-refractivity contribution >= 4 is 35.8 Å². The van der Waals surface area contributed by atoms with Crippen molar-refractivity contribution in [1.29, 1.82) is 0 Å². The fraction of sp³-hybridized carbons (Fsp3) is 0.0417. The van der Waals surface area contributed by atoms with Crippen molar-refractivity contribution in [3.63, 3.8) is 0 Å². The van der Waals surface area contributed by atoms with Crippen LogP contribution in [0.5, 0.6) is 11.5 Å². The molecule has 0 saturated heterocycles. The highest BCUT2D eigenvalue weighted by Gasteiger charge is 2.08. The molecule has 0 aliphatic heterocycles. The minimum atomic E-state index is -0.568. The molecule has 0 atom stereocenters. The van der Waals surface area contributed by atoms with Gasteiger partial charge in [-0.25, -0.2) is 10.2 Å². The van der Waals surface area contributed by atoms with Crippen molar-refractivity contribution in [3.05, 3.63) is 101 Å². The summed E-state index contributed by atoms with van der Waals surface area (Å²) in [6, 6.07) is 20.6. The highest BCUT2D eigenvalue weighted by Crippen LogP contribution is 2.22. The van der Waals surface area contributed by atoms with Crippen LogP contribution in [0.1, 0.15) is 21.5 Å². The van der Waals surface area contributed by atoms with Gasteiger partial charge >= 0.3 is 5.97 Å². The number of rotatable bonds is 7. The van der Waals surface area contributed by atoms with Crippen LogP contribution >= 0.6 is 11.6 Å². The maximum absolute atomic E-state index is 12.2. The number of ether oxygens (including phenoxy) is 2. The average Bonchev–Trinajstić information content (AvgIpc) is 2.80. The first-order chi connectivity index (χ1) is 15.0. The SMILES string of the molecule is COc1ccc(/C=C/C(=O)Oc2ccc(Cl)cc2/C=N/NC(=O)c2ccccc2)cc1. The zero-order valence-corrected chi connectivity index (χ0v) is 17.4. The Hall–Kier alpha value is -3.90. The van der Waals surface area contributed by atoms with Gasteiger partial charge in [-0.15, -0.1) is 0 Å². The molecule has 7 heteroatoms. The summed E-state index contributed by atoms with van der Waals surface area (Å²) in [5, 5.41) is 4.37. The van der Waals surface area contributed by atoms with Gasteiger partial charge in [0.2, 0.25) is 0 Å². The van der Waals surface area contributed by atoms with E-state index in [-0.39, 0.29) is 11.7 Å². The molecule has 0 aliphatic rings. The van der Waals surface area contributed by atoms with Crippen molar-refractivity contribution in [2.75, 3.05) is 7.11 Å². The highest BCUT2D eigenvalue weighted by atomic mass is 35.5. The Kier molecular flexibility index (Phi) is 7.56. The Morgan fingerprint density at radius 2 is 1.74 bits per heavy atom. The molecule has 0 bridgehead atoms. The van der Waals surface area contributed by atoms with Gasteiger partial charge in [-0.1, -0.05) is 41.9 Å². The Labute approximate surface area is 184 Å². The molecular weight excluding hydrogens is 416 g/mol. The smallest absolute Gasteiger partial charge is 0.336 e. The maximum Gasteiger partial charge on any atom is 0.336 e. The molecule has 1 amide bonds. The van der Waals surface area contributed by atoms with Crippen LogP contribution in [0.15, 0.2) is 84.0 Å². The van der Waals surface area contributed by atoms with Crippen molar-refractivity contribution in [3.8, 4) is 11.5 Å². The Morgan fingerprint density at radius 3 is 2.45 bits per heavy atom. The van der Waals surface area contributed by atoms with E-state index >= 15 is 0 Å². The molecule has 0 aliphatic carbocycles. The van der Waals surface area contributed by atoms with E-state index < -0.39 is 5.97 Å². The number of benzene rings is 3. The third kappa shape index (κ3) is 6.55. The van der Waals surface area contributed by atoms with E-state index in [2.05, 4.69) is 10.5 Å². The van der Waals surface area contributed by atoms with Crippen LogP contribution in [-0.4, -0.2) is 25.2 Å². The summed E-state index contributed by atoms with van der Waals surface area (Å²) in [6.07, 6.45) is 4.31. The van der Waals surface area contributed by atoms with E-state index in [0.717, 1.165) is 11.3 Å². The van der Waals surface area contributed by atoms with Gasteiger partial charge in [0.05, 0.1) is 13.3 Å². The van der Waals surface area contributed by atoms with Crippen LogP contribution in [-0.2, 0) is 4.79 Å². The quantitative estimate of drug-likeness (QED) is 0.192. The second-order valence-electron chi connectivity index (χ2n) is 6.27. The number of carbonyl (C=O) groups excluding carboxylic acids is 2. The van der Waals surface area contributed by atoms with E-state index in [1.807, 2.05) is 18.2 Å². The summed E-state index contributed by atoms with van der Waals surface area (Å²) in [4.78, 5) is 24.3. The topological polar surface area (TPSA) is 77.0 Å². The number of carbonyl (C=O) groups is 2. The normalized spacial score (nSPS) is 10.9. The summed E-state index contributed by atoms with van der Waals surface area (Å²) in [5.74, 6) is 0.0524. The van der Waals surface area contributed by atoms with Crippen molar-refractivity contribution < 1.29 is 19.1 Å².